The van der Waals surface area contributed by atoms with Crippen molar-refractivity contribution in [2.75, 3.05) is 50.7 Å². The fourth-order valence-corrected chi connectivity index (χ4v) is 5.06. The zero-order chi connectivity index (χ0) is 28.4. The van der Waals surface area contributed by atoms with Crippen LogP contribution in [0.2, 0.25) is 0 Å². The van der Waals surface area contributed by atoms with E-state index in [9.17, 15) is 26.0 Å². The number of alkyl halides is 4. The predicted molar refractivity (Wildman–Crippen MR) is 141 cm³/mol. The lowest BCUT2D eigenvalue weighted by molar-refractivity contribution is -0.128. The Balaban J connectivity index is 1.61. The van der Waals surface area contributed by atoms with E-state index < -0.39 is 34.6 Å². The molecule has 1 fully saturated rings. The first-order valence-electron chi connectivity index (χ1n) is 12.1. The molecule has 0 spiro atoms. The third-order valence-corrected chi connectivity index (χ3v) is 7.49. The van der Waals surface area contributed by atoms with Crippen molar-refractivity contribution in [3.63, 3.8) is 0 Å². The van der Waals surface area contributed by atoms with Crippen LogP contribution in [0.1, 0.15) is 17.8 Å². The lowest BCUT2D eigenvalue weighted by Gasteiger charge is -2.33. The van der Waals surface area contributed by atoms with Gasteiger partial charge >= 0.3 is 6.18 Å². The van der Waals surface area contributed by atoms with Crippen molar-refractivity contribution in [3.05, 3.63) is 47.9 Å². The van der Waals surface area contributed by atoms with Crippen LogP contribution in [0.25, 0.3) is 5.65 Å². The van der Waals surface area contributed by atoms with Crippen LogP contribution >= 0.6 is 0 Å². The fraction of sp³-hybridized carbons (Fsp3) is 0.423. The van der Waals surface area contributed by atoms with Crippen molar-refractivity contribution in [1.29, 1.82) is 0 Å². The molecule has 2 aromatic heterocycles. The Hall–Kier alpha value is -3.50. The van der Waals surface area contributed by atoms with E-state index in [1.54, 1.807) is 12.1 Å². The van der Waals surface area contributed by atoms with Crippen LogP contribution in [0.3, 0.4) is 0 Å². The average Bonchev–Trinajstić information content (AvgIpc) is 3.19. The van der Waals surface area contributed by atoms with Crippen LogP contribution in [0, 0.1) is 11.8 Å². The van der Waals surface area contributed by atoms with Crippen molar-refractivity contribution in [2.24, 2.45) is 0 Å². The normalized spacial score (nSPS) is 18.4. The molecule has 210 valence electrons. The molecule has 1 saturated heterocycles. The monoisotopic (exact) mass is 567 g/mol. The lowest BCUT2D eigenvalue weighted by Crippen LogP contribution is -2.46. The topological polar surface area (TPSA) is 88.0 Å². The molecule has 0 unspecified atom stereocenters. The smallest absolute Gasteiger partial charge is 0.394 e. The fourth-order valence-electron chi connectivity index (χ4n) is 4.42. The number of hydrogen-bond donors (Lipinski definition) is 2. The molecule has 2 atom stereocenters. The largest absolute Gasteiger partial charge is 0.495 e. The van der Waals surface area contributed by atoms with Gasteiger partial charge in [-0.2, -0.15) is 13.2 Å². The average molecular weight is 568 g/mol. The Morgan fingerprint density at radius 1 is 1.23 bits per heavy atom. The summed E-state index contributed by atoms with van der Waals surface area (Å²) < 4.78 is 85.2. The summed E-state index contributed by atoms with van der Waals surface area (Å²) in [6.07, 6.45) is -3.77. The van der Waals surface area contributed by atoms with Crippen molar-refractivity contribution < 1.29 is 30.7 Å². The molecule has 13 heteroatoms. The minimum absolute atomic E-state index is 0.0259. The van der Waals surface area contributed by atoms with Crippen LogP contribution in [-0.2, 0) is 16.3 Å². The number of imidazole rings is 1. The molecule has 0 bridgehead atoms. The highest BCUT2D eigenvalue weighted by Gasteiger charge is 2.32. The zero-order valence-corrected chi connectivity index (χ0v) is 22.5. The molecular formula is C26H29F4N5O3S. The maximum atomic E-state index is 14.6. The standard InChI is InChI=1S/C26H29F4N5O3S/c1-34-13-10-19(18(27)16-34)32-22-7-5-12-35-23(15-26(28,29)30)20(33-25(22)35)6-4-11-31-21-9-8-17(39(3,36)37)14-24(21)38-2/h5,7-9,12,14,18-19,31-32H,10-11,13,15-16H2,1-3H3/t18-,19+/m1/s1. The summed E-state index contributed by atoms with van der Waals surface area (Å²) in [6, 6.07) is 7.07. The van der Waals surface area contributed by atoms with Gasteiger partial charge in [-0.15, -0.1) is 0 Å². The molecular weight excluding hydrogens is 538 g/mol. The van der Waals surface area contributed by atoms with Crippen LogP contribution in [-0.4, -0.2) is 81.1 Å². The molecule has 8 nitrogen and oxygen atoms in total. The number of fused-ring (bicyclic) bond motifs is 1. The van der Waals surface area contributed by atoms with Crippen molar-refractivity contribution in [2.45, 2.75) is 36.1 Å². The van der Waals surface area contributed by atoms with E-state index in [0.717, 1.165) is 6.26 Å². The Morgan fingerprint density at radius 2 is 2.00 bits per heavy atom. The first kappa shape index (κ1) is 28.5. The van der Waals surface area contributed by atoms with E-state index in [0.29, 0.717) is 24.3 Å². The SMILES string of the molecule is COc1cc(S(C)(=O)=O)ccc1NCC#Cc1nc2c(N[C@H]3CCN(C)C[C@H]3F)cccn2c1CC(F)(F)F. The molecule has 0 saturated carbocycles. The molecule has 0 radical (unpaired) electrons. The number of methoxy groups -OCH3 is 1. The minimum Gasteiger partial charge on any atom is -0.495 e. The lowest BCUT2D eigenvalue weighted by atomic mass is 10.0. The third kappa shape index (κ3) is 6.93. The quantitative estimate of drug-likeness (QED) is 0.332. The van der Waals surface area contributed by atoms with E-state index in [2.05, 4.69) is 27.5 Å². The summed E-state index contributed by atoms with van der Waals surface area (Å²) in [4.78, 5) is 6.37. The van der Waals surface area contributed by atoms with E-state index in [-0.39, 0.29) is 40.8 Å². The van der Waals surface area contributed by atoms with Crippen molar-refractivity contribution in [3.8, 4) is 17.6 Å². The van der Waals surface area contributed by atoms with Gasteiger partial charge in [-0.05, 0) is 43.7 Å². The number of rotatable bonds is 7. The van der Waals surface area contributed by atoms with Crippen LogP contribution in [0.15, 0.2) is 41.4 Å². The highest BCUT2D eigenvalue weighted by Crippen LogP contribution is 2.29. The molecule has 39 heavy (non-hydrogen) atoms. The second-order valence-corrected chi connectivity index (χ2v) is 11.4. The number of benzene rings is 1. The van der Waals surface area contributed by atoms with Gasteiger partial charge in [0.05, 0.1) is 48.1 Å². The Kier molecular flexibility index (Phi) is 8.27. The van der Waals surface area contributed by atoms with E-state index in [4.69, 9.17) is 4.74 Å². The van der Waals surface area contributed by atoms with Gasteiger partial charge in [0.25, 0.3) is 0 Å². The van der Waals surface area contributed by atoms with Gasteiger partial charge in [-0.3, -0.25) is 0 Å². The number of hydrogen-bond acceptors (Lipinski definition) is 7. The number of piperidine rings is 1. The molecule has 3 aromatic rings. The predicted octanol–water partition coefficient (Wildman–Crippen LogP) is 3.77. The molecule has 3 heterocycles. The summed E-state index contributed by atoms with van der Waals surface area (Å²) in [5, 5.41) is 6.11. The first-order valence-corrected chi connectivity index (χ1v) is 14.0. The van der Waals surface area contributed by atoms with Gasteiger partial charge in [0, 0.05) is 31.6 Å². The van der Waals surface area contributed by atoms with Gasteiger partial charge in [0.15, 0.2) is 15.5 Å². The van der Waals surface area contributed by atoms with Crippen LogP contribution < -0.4 is 15.4 Å². The van der Waals surface area contributed by atoms with Gasteiger partial charge in [-0.1, -0.05) is 5.92 Å². The number of pyridine rings is 1. The minimum atomic E-state index is -4.50. The Morgan fingerprint density at radius 3 is 2.67 bits per heavy atom. The summed E-state index contributed by atoms with van der Waals surface area (Å²) in [6.45, 7) is 0.985. The Bertz CT molecular complexity index is 1510. The molecule has 1 aliphatic rings. The second kappa shape index (κ2) is 11.3. The number of sulfone groups is 1. The number of halogens is 4. The second-order valence-electron chi connectivity index (χ2n) is 9.42. The summed E-state index contributed by atoms with van der Waals surface area (Å²) in [5.41, 5.74) is 0.972. The van der Waals surface area contributed by atoms with Crippen LogP contribution in [0.4, 0.5) is 28.9 Å². The zero-order valence-electron chi connectivity index (χ0n) is 21.6. The Labute approximate surface area is 224 Å². The molecule has 0 aliphatic carbocycles. The first-order chi connectivity index (χ1) is 18.4. The summed E-state index contributed by atoms with van der Waals surface area (Å²) in [7, 11) is -0.206. The maximum absolute atomic E-state index is 14.6. The molecule has 1 aliphatic heterocycles. The molecule has 2 N–H and O–H groups in total. The van der Waals surface area contributed by atoms with Gasteiger partial charge in [-0.25, -0.2) is 17.8 Å². The highest BCUT2D eigenvalue weighted by molar-refractivity contribution is 7.90. The molecule has 1 aromatic carbocycles. The summed E-state index contributed by atoms with van der Waals surface area (Å²) in [5.74, 6) is 5.79. The van der Waals surface area contributed by atoms with Gasteiger partial charge in [0.2, 0.25) is 0 Å². The number of aromatic nitrogens is 2. The number of nitrogens with one attached hydrogen (secondary N) is 2. The number of anilines is 2. The maximum Gasteiger partial charge on any atom is 0.394 e. The van der Waals surface area contributed by atoms with Gasteiger partial charge in [0.1, 0.15) is 17.6 Å². The van der Waals surface area contributed by atoms with Crippen molar-refractivity contribution in [1.82, 2.24) is 14.3 Å². The number of nitrogens with zero attached hydrogens (tertiary/aromatic N) is 3. The van der Waals surface area contributed by atoms with Gasteiger partial charge < -0.3 is 24.7 Å². The van der Waals surface area contributed by atoms with E-state index in [1.165, 1.54) is 35.9 Å². The van der Waals surface area contributed by atoms with E-state index >= 15 is 0 Å². The molecule has 0 amide bonds. The molecule has 4 rings (SSSR count). The van der Waals surface area contributed by atoms with Crippen LogP contribution in [0.5, 0.6) is 5.75 Å². The number of ether oxygens (including phenoxy) is 1. The number of likely N-dealkylation sites (tertiary alicyclic amines) is 1. The third-order valence-electron chi connectivity index (χ3n) is 6.38. The highest BCUT2D eigenvalue weighted by atomic mass is 32.2. The summed E-state index contributed by atoms with van der Waals surface area (Å²) >= 11 is 0. The van der Waals surface area contributed by atoms with E-state index in [1.807, 2.05) is 11.9 Å². The van der Waals surface area contributed by atoms with Crippen molar-refractivity contribution >= 4 is 26.9 Å².